The van der Waals surface area contributed by atoms with Gasteiger partial charge in [-0.3, -0.25) is 9.48 Å². The summed E-state index contributed by atoms with van der Waals surface area (Å²) in [6.07, 6.45) is 2.17. The largest absolute Gasteiger partial charge is 0.298 e. The van der Waals surface area contributed by atoms with E-state index in [-0.39, 0.29) is 18.1 Å². The van der Waals surface area contributed by atoms with Gasteiger partial charge in [0.05, 0.1) is 22.2 Å². The van der Waals surface area contributed by atoms with E-state index >= 15 is 0 Å². The van der Waals surface area contributed by atoms with Gasteiger partial charge in [-0.15, -0.1) is 11.3 Å². The van der Waals surface area contributed by atoms with Crippen molar-refractivity contribution in [3.8, 4) is 11.3 Å². The highest BCUT2D eigenvalue weighted by Gasteiger charge is 2.17. The van der Waals surface area contributed by atoms with Crippen molar-refractivity contribution in [3.05, 3.63) is 26.5 Å². The lowest BCUT2D eigenvalue weighted by Gasteiger charge is -2.01. The van der Waals surface area contributed by atoms with Gasteiger partial charge in [-0.2, -0.15) is 5.10 Å². The third kappa shape index (κ3) is 3.85. The first-order valence-corrected chi connectivity index (χ1v) is 9.44. The lowest BCUT2D eigenvalue weighted by atomic mass is 10.2. The van der Waals surface area contributed by atoms with E-state index in [1.165, 1.54) is 22.2 Å². The molecule has 0 aliphatic carbocycles. The third-order valence-electron chi connectivity index (χ3n) is 2.90. The van der Waals surface area contributed by atoms with E-state index in [0.717, 1.165) is 0 Å². The van der Waals surface area contributed by atoms with Gasteiger partial charge in [0.25, 0.3) is 0 Å². The quantitative estimate of drug-likeness (QED) is 0.736. The number of aldehydes is 1. The highest BCUT2D eigenvalue weighted by Crippen LogP contribution is 2.38. The third-order valence-corrected chi connectivity index (χ3v) is 6.07. The second kappa shape index (κ2) is 6.48. The first kappa shape index (κ1) is 16.5. The van der Waals surface area contributed by atoms with E-state index in [9.17, 15) is 13.2 Å². The van der Waals surface area contributed by atoms with Gasteiger partial charge in [0.2, 0.25) is 0 Å². The zero-order chi connectivity index (χ0) is 15.6. The maximum absolute atomic E-state index is 11.5. The Hall–Kier alpha value is -0.890. The molecule has 0 N–H and O–H groups in total. The van der Waals surface area contributed by atoms with E-state index in [4.69, 9.17) is 23.2 Å². The Bertz CT molecular complexity index is 766. The van der Waals surface area contributed by atoms with Gasteiger partial charge in [0.15, 0.2) is 16.1 Å². The fourth-order valence-electron chi connectivity index (χ4n) is 1.73. The number of hydrogen-bond acceptors (Lipinski definition) is 5. The van der Waals surface area contributed by atoms with Crippen molar-refractivity contribution in [1.29, 1.82) is 0 Å². The molecule has 0 spiro atoms. The molecule has 0 saturated heterocycles. The molecule has 0 unspecified atom stereocenters. The van der Waals surface area contributed by atoms with Crippen LogP contribution >= 0.6 is 34.5 Å². The van der Waals surface area contributed by atoms with Gasteiger partial charge < -0.3 is 0 Å². The van der Waals surface area contributed by atoms with Gasteiger partial charge in [-0.25, -0.2) is 8.42 Å². The number of thiophene rings is 1. The van der Waals surface area contributed by atoms with Crippen molar-refractivity contribution in [2.24, 2.45) is 0 Å². The second-order valence-corrected chi connectivity index (χ2v) is 9.05. The van der Waals surface area contributed by atoms with Crippen LogP contribution in [0.25, 0.3) is 11.3 Å². The second-order valence-electron chi connectivity index (χ2n) is 4.29. The van der Waals surface area contributed by atoms with E-state index < -0.39 is 9.84 Å². The molecular formula is C12H12Cl2N2O3S2. The highest BCUT2D eigenvalue weighted by atomic mass is 35.5. The van der Waals surface area contributed by atoms with E-state index in [1.807, 2.05) is 0 Å². The number of aryl methyl sites for hydroxylation is 1. The average molecular weight is 367 g/mol. The number of carbonyl (C=O) groups excluding carboxylic acids is 1. The number of hydrogen-bond donors (Lipinski definition) is 0. The highest BCUT2D eigenvalue weighted by molar-refractivity contribution is 7.91. The van der Waals surface area contributed by atoms with Crippen LogP contribution in [-0.2, 0) is 16.4 Å². The minimum Gasteiger partial charge on any atom is -0.298 e. The zero-order valence-corrected chi connectivity index (χ0v) is 14.2. The molecule has 21 heavy (non-hydrogen) atoms. The van der Waals surface area contributed by atoms with Crippen LogP contribution in [0.15, 0.2) is 12.3 Å². The topological polar surface area (TPSA) is 69.0 Å². The first-order chi connectivity index (χ1) is 9.86. The summed E-state index contributed by atoms with van der Waals surface area (Å²) in [5, 5.41) is 4.25. The van der Waals surface area contributed by atoms with Crippen molar-refractivity contribution >= 4 is 50.7 Å². The molecule has 2 aromatic rings. The molecule has 9 heteroatoms. The zero-order valence-electron chi connectivity index (χ0n) is 11.0. The SMILES string of the molecule is CCS(=O)(=O)CCn1cc(C=O)c(-c2cc(Cl)sc2Cl)n1. The van der Waals surface area contributed by atoms with E-state index in [0.29, 0.717) is 31.8 Å². The van der Waals surface area contributed by atoms with Gasteiger partial charge >= 0.3 is 0 Å². The predicted octanol–water partition coefficient (Wildman–Crippen LogP) is 3.17. The van der Waals surface area contributed by atoms with Crippen molar-refractivity contribution in [2.45, 2.75) is 13.5 Å². The number of carbonyl (C=O) groups is 1. The molecule has 0 aromatic carbocycles. The summed E-state index contributed by atoms with van der Waals surface area (Å²) in [7, 11) is -3.09. The molecule has 2 aromatic heterocycles. The molecule has 0 fully saturated rings. The summed E-state index contributed by atoms with van der Waals surface area (Å²) < 4.78 is 25.4. The molecule has 0 radical (unpaired) electrons. The summed E-state index contributed by atoms with van der Waals surface area (Å²) in [4.78, 5) is 11.1. The summed E-state index contributed by atoms with van der Waals surface area (Å²) in [5.41, 5.74) is 1.33. The Balaban J connectivity index is 2.32. The minimum absolute atomic E-state index is 0.0267. The molecule has 0 saturated carbocycles. The molecule has 114 valence electrons. The van der Waals surface area contributed by atoms with Gasteiger partial charge in [-0.1, -0.05) is 30.1 Å². The Morgan fingerprint density at radius 2 is 2.14 bits per heavy atom. The van der Waals surface area contributed by atoms with Crippen LogP contribution in [0, 0.1) is 0 Å². The van der Waals surface area contributed by atoms with Crippen molar-refractivity contribution in [1.82, 2.24) is 9.78 Å². The first-order valence-electron chi connectivity index (χ1n) is 6.04. The van der Waals surface area contributed by atoms with E-state index in [2.05, 4.69) is 5.10 Å². The molecule has 2 rings (SSSR count). The Morgan fingerprint density at radius 3 is 2.67 bits per heavy atom. The minimum atomic E-state index is -3.09. The molecule has 0 atom stereocenters. The number of halogens is 2. The summed E-state index contributed by atoms with van der Waals surface area (Å²) >= 11 is 13.1. The maximum Gasteiger partial charge on any atom is 0.153 e. The number of sulfone groups is 1. The Kier molecular flexibility index (Phi) is 5.08. The normalized spacial score (nSPS) is 11.8. The van der Waals surface area contributed by atoms with Gasteiger partial charge in [0.1, 0.15) is 10.0 Å². The van der Waals surface area contributed by atoms with Crippen molar-refractivity contribution < 1.29 is 13.2 Å². The smallest absolute Gasteiger partial charge is 0.153 e. The van der Waals surface area contributed by atoms with Crippen LogP contribution in [0.1, 0.15) is 17.3 Å². The molecule has 2 heterocycles. The van der Waals surface area contributed by atoms with Crippen LogP contribution in [0.3, 0.4) is 0 Å². The monoisotopic (exact) mass is 366 g/mol. The molecule has 0 bridgehead atoms. The van der Waals surface area contributed by atoms with Gasteiger partial charge in [-0.05, 0) is 6.07 Å². The number of nitrogens with zero attached hydrogens (tertiary/aromatic N) is 2. The fourth-order valence-corrected chi connectivity index (χ4v) is 3.95. The van der Waals surface area contributed by atoms with Crippen LogP contribution in [0.5, 0.6) is 0 Å². The fraction of sp³-hybridized carbons (Fsp3) is 0.333. The molecular weight excluding hydrogens is 355 g/mol. The van der Waals surface area contributed by atoms with Crippen LogP contribution in [0.2, 0.25) is 8.67 Å². The summed E-state index contributed by atoms with van der Waals surface area (Å²) in [5.74, 6) is 0.0503. The maximum atomic E-state index is 11.5. The van der Waals surface area contributed by atoms with E-state index in [1.54, 1.807) is 13.0 Å². The van der Waals surface area contributed by atoms with Crippen molar-refractivity contribution in [2.75, 3.05) is 11.5 Å². The average Bonchev–Trinajstić information content (AvgIpc) is 2.99. The summed E-state index contributed by atoms with van der Waals surface area (Å²) in [6, 6.07) is 1.64. The standard InChI is InChI=1S/C12H12Cl2N2O3S2/c1-2-21(18,19)4-3-16-6-8(7-17)11(15-16)9-5-10(13)20-12(9)14/h5-7H,2-4H2,1H3. The predicted molar refractivity (Wildman–Crippen MR) is 85.3 cm³/mol. The molecule has 5 nitrogen and oxygen atoms in total. The Morgan fingerprint density at radius 1 is 1.43 bits per heavy atom. The van der Waals surface area contributed by atoms with Crippen LogP contribution < -0.4 is 0 Å². The molecule has 0 amide bonds. The van der Waals surface area contributed by atoms with Gasteiger partial charge in [0, 0.05) is 17.5 Å². The Labute approximate surface area is 136 Å². The molecule has 0 aliphatic rings. The lowest BCUT2D eigenvalue weighted by molar-refractivity contribution is 0.112. The number of aromatic nitrogens is 2. The summed E-state index contributed by atoms with van der Waals surface area (Å²) in [6.45, 7) is 1.78. The molecule has 0 aliphatic heterocycles. The van der Waals surface area contributed by atoms with Crippen molar-refractivity contribution in [3.63, 3.8) is 0 Å². The lowest BCUT2D eigenvalue weighted by Crippen LogP contribution is -2.14. The number of rotatable bonds is 6. The van der Waals surface area contributed by atoms with Crippen LogP contribution in [-0.4, -0.2) is 36.0 Å². The van der Waals surface area contributed by atoms with Crippen LogP contribution in [0.4, 0.5) is 0 Å².